The number of nitrogens with zero attached hydrogens (tertiary/aromatic N) is 2. The van der Waals surface area contributed by atoms with Crippen LogP contribution in [0.2, 0.25) is 0 Å². The van der Waals surface area contributed by atoms with Crippen molar-refractivity contribution in [3.63, 3.8) is 0 Å². The van der Waals surface area contributed by atoms with Gasteiger partial charge in [0, 0.05) is 33.3 Å². The molecule has 25 heavy (non-hydrogen) atoms. The van der Waals surface area contributed by atoms with Gasteiger partial charge in [0.2, 0.25) is 6.79 Å². The van der Waals surface area contributed by atoms with E-state index in [1.807, 2.05) is 12.1 Å². The molecule has 0 aromatic heterocycles. The van der Waals surface area contributed by atoms with Crippen LogP contribution < -0.4 is 14.8 Å². The monoisotopic (exact) mass is 347 g/mol. The number of guanidine groups is 1. The average Bonchev–Trinajstić information content (AvgIpc) is 3.33. The molecule has 1 saturated carbocycles. The highest BCUT2D eigenvalue weighted by atomic mass is 16.7. The topological polar surface area (TPSA) is 55.3 Å². The first-order valence-electron chi connectivity index (χ1n) is 9.22. The molecule has 0 spiro atoms. The van der Waals surface area contributed by atoms with Crippen LogP contribution in [0.1, 0.15) is 25.3 Å². The number of hydrogen-bond acceptors (Lipinski definition) is 4. The summed E-state index contributed by atoms with van der Waals surface area (Å²) in [5, 5.41) is 3.35. The van der Waals surface area contributed by atoms with Crippen LogP contribution in [0.4, 0.5) is 0 Å². The predicted octanol–water partition coefficient (Wildman–Crippen LogP) is 2.28. The number of benzene rings is 1. The van der Waals surface area contributed by atoms with E-state index in [2.05, 4.69) is 30.3 Å². The fraction of sp³-hybridized carbons (Fsp3) is 0.632. The van der Waals surface area contributed by atoms with Gasteiger partial charge in [-0.05, 0) is 49.8 Å². The second kappa shape index (κ2) is 8.94. The molecule has 2 aliphatic rings. The highest BCUT2D eigenvalue weighted by Gasteiger charge is 2.21. The molecule has 1 aliphatic heterocycles. The molecule has 138 valence electrons. The molecular formula is C19H29N3O3. The van der Waals surface area contributed by atoms with Gasteiger partial charge in [0.15, 0.2) is 17.5 Å². The number of nitrogens with one attached hydrogen (secondary N) is 1. The van der Waals surface area contributed by atoms with Gasteiger partial charge in [-0.3, -0.25) is 4.99 Å². The lowest BCUT2D eigenvalue weighted by Gasteiger charge is -2.22. The van der Waals surface area contributed by atoms with Gasteiger partial charge in [-0.15, -0.1) is 0 Å². The van der Waals surface area contributed by atoms with Gasteiger partial charge in [-0.1, -0.05) is 6.07 Å². The van der Waals surface area contributed by atoms with E-state index in [1.54, 1.807) is 0 Å². The Morgan fingerprint density at radius 2 is 2.16 bits per heavy atom. The fourth-order valence-electron chi connectivity index (χ4n) is 2.70. The summed E-state index contributed by atoms with van der Waals surface area (Å²) < 4.78 is 16.5. The quantitative estimate of drug-likeness (QED) is 0.422. The van der Waals surface area contributed by atoms with Gasteiger partial charge in [0.25, 0.3) is 0 Å². The molecule has 1 aliphatic carbocycles. The van der Waals surface area contributed by atoms with E-state index < -0.39 is 0 Å². The fourth-order valence-corrected chi connectivity index (χ4v) is 2.70. The molecule has 3 rings (SSSR count). The van der Waals surface area contributed by atoms with E-state index in [4.69, 9.17) is 19.2 Å². The minimum absolute atomic E-state index is 0.315. The van der Waals surface area contributed by atoms with Crippen LogP contribution in [0, 0.1) is 5.92 Å². The molecular weight excluding hydrogens is 318 g/mol. The normalized spacial score (nSPS) is 16.2. The van der Waals surface area contributed by atoms with E-state index >= 15 is 0 Å². The maximum absolute atomic E-state index is 5.72. The first kappa shape index (κ1) is 17.9. The summed E-state index contributed by atoms with van der Waals surface area (Å²) in [4.78, 5) is 6.87. The third kappa shape index (κ3) is 5.53. The molecule has 1 fully saturated rings. The van der Waals surface area contributed by atoms with Gasteiger partial charge >= 0.3 is 0 Å². The number of ether oxygens (including phenoxy) is 3. The van der Waals surface area contributed by atoms with Crippen molar-refractivity contribution < 1.29 is 14.2 Å². The molecule has 1 N–H and O–H groups in total. The molecule has 6 heteroatoms. The van der Waals surface area contributed by atoms with Gasteiger partial charge in [-0.2, -0.15) is 0 Å². The maximum atomic E-state index is 5.72. The van der Waals surface area contributed by atoms with Crippen molar-refractivity contribution in [3.05, 3.63) is 23.8 Å². The van der Waals surface area contributed by atoms with Gasteiger partial charge < -0.3 is 24.4 Å². The Kier molecular flexibility index (Phi) is 6.39. The standard InChI is InChI=1S/C19H29N3O3/c1-3-20-19(22(2)10-11-23-13-16-4-5-16)21-9-8-15-6-7-17-18(12-15)25-14-24-17/h6-7,12,16H,3-5,8-11,13-14H2,1-2H3,(H,20,21). The van der Waals surface area contributed by atoms with Crippen molar-refractivity contribution in [1.29, 1.82) is 0 Å². The Labute approximate surface area is 150 Å². The summed E-state index contributed by atoms with van der Waals surface area (Å²) in [5.74, 6) is 3.40. The molecule has 0 atom stereocenters. The Hall–Kier alpha value is -1.95. The molecule has 1 aromatic rings. The molecule has 0 saturated heterocycles. The number of likely N-dealkylation sites (N-methyl/N-ethyl adjacent to an activating group) is 1. The molecule has 0 radical (unpaired) electrons. The summed E-state index contributed by atoms with van der Waals surface area (Å²) in [7, 11) is 2.06. The van der Waals surface area contributed by atoms with Crippen molar-refractivity contribution in [2.75, 3.05) is 46.7 Å². The minimum atomic E-state index is 0.315. The summed E-state index contributed by atoms with van der Waals surface area (Å²) in [6.45, 7) is 6.50. The third-order valence-electron chi connectivity index (χ3n) is 4.42. The van der Waals surface area contributed by atoms with E-state index in [1.165, 1.54) is 18.4 Å². The highest BCUT2D eigenvalue weighted by Crippen LogP contribution is 2.32. The highest BCUT2D eigenvalue weighted by molar-refractivity contribution is 5.79. The zero-order valence-electron chi connectivity index (χ0n) is 15.3. The lowest BCUT2D eigenvalue weighted by atomic mass is 10.1. The summed E-state index contributed by atoms with van der Waals surface area (Å²) in [6.07, 6.45) is 3.54. The van der Waals surface area contributed by atoms with Crippen LogP contribution in [0.15, 0.2) is 23.2 Å². The van der Waals surface area contributed by atoms with Crippen molar-refractivity contribution in [2.24, 2.45) is 10.9 Å². The number of fused-ring (bicyclic) bond motifs is 1. The number of hydrogen-bond donors (Lipinski definition) is 1. The van der Waals surface area contributed by atoms with E-state index in [0.29, 0.717) is 6.79 Å². The average molecular weight is 347 g/mol. The second-order valence-electron chi connectivity index (χ2n) is 6.61. The van der Waals surface area contributed by atoms with Crippen molar-refractivity contribution in [2.45, 2.75) is 26.2 Å². The lowest BCUT2D eigenvalue weighted by Crippen LogP contribution is -2.40. The Bertz CT molecular complexity index is 587. The van der Waals surface area contributed by atoms with Gasteiger partial charge in [0.05, 0.1) is 6.61 Å². The largest absolute Gasteiger partial charge is 0.454 e. The molecule has 1 aromatic carbocycles. The second-order valence-corrected chi connectivity index (χ2v) is 6.61. The molecule has 0 unspecified atom stereocenters. The van der Waals surface area contributed by atoms with Gasteiger partial charge in [0.1, 0.15) is 0 Å². The van der Waals surface area contributed by atoms with Crippen LogP contribution in [-0.2, 0) is 11.2 Å². The van der Waals surface area contributed by atoms with Crippen LogP contribution in [0.25, 0.3) is 0 Å². The van der Waals surface area contributed by atoms with E-state index in [0.717, 1.165) is 62.6 Å². The first-order valence-corrected chi connectivity index (χ1v) is 9.22. The van der Waals surface area contributed by atoms with Crippen LogP contribution in [0.3, 0.4) is 0 Å². The summed E-state index contributed by atoms with van der Waals surface area (Å²) >= 11 is 0. The van der Waals surface area contributed by atoms with Crippen LogP contribution >= 0.6 is 0 Å². The Morgan fingerprint density at radius 1 is 1.32 bits per heavy atom. The minimum Gasteiger partial charge on any atom is -0.454 e. The van der Waals surface area contributed by atoms with Crippen molar-refractivity contribution in [1.82, 2.24) is 10.2 Å². The van der Waals surface area contributed by atoms with Crippen LogP contribution in [-0.4, -0.2) is 57.5 Å². The SMILES string of the molecule is CCNC(=NCCc1ccc2c(c1)OCO2)N(C)CCOCC1CC1. The van der Waals surface area contributed by atoms with E-state index in [-0.39, 0.29) is 0 Å². The number of aliphatic imine (C=N–C) groups is 1. The molecule has 1 heterocycles. The molecule has 0 bridgehead atoms. The molecule has 6 nitrogen and oxygen atoms in total. The number of rotatable bonds is 9. The third-order valence-corrected chi connectivity index (χ3v) is 4.42. The Morgan fingerprint density at radius 3 is 2.96 bits per heavy atom. The smallest absolute Gasteiger partial charge is 0.231 e. The lowest BCUT2D eigenvalue weighted by molar-refractivity contribution is 0.115. The summed E-state index contributed by atoms with van der Waals surface area (Å²) in [6, 6.07) is 6.08. The van der Waals surface area contributed by atoms with Crippen molar-refractivity contribution >= 4 is 5.96 Å². The van der Waals surface area contributed by atoms with E-state index in [9.17, 15) is 0 Å². The zero-order valence-corrected chi connectivity index (χ0v) is 15.3. The maximum Gasteiger partial charge on any atom is 0.231 e. The van der Waals surface area contributed by atoms with Crippen molar-refractivity contribution in [3.8, 4) is 11.5 Å². The Balaban J connectivity index is 1.45. The first-order chi connectivity index (χ1) is 12.3. The molecule has 0 amide bonds. The predicted molar refractivity (Wildman–Crippen MR) is 98.4 cm³/mol. The van der Waals surface area contributed by atoms with Crippen LogP contribution in [0.5, 0.6) is 11.5 Å². The summed E-state index contributed by atoms with van der Waals surface area (Å²) in [5.41, 5.74) is 1.21. The zero-order chi connectivity index (χ0) is 17.5. The van der Waals surface area contributed by atoms with Gasteiger partial charge in [-0.25, -0.2) is 0 Å².